The number of amides is 1. The molecule has 0 aliphatic carbocycles. The quantitative estimate of drug-likeness (QED) is 0.351. The molecule has 0 aromatic heterocycles. The number of carbonyl (C=O) groups excluding carboxylic acids is 2. The van der Waals surface area contributed by atoms with Crippen LogP contribution in [0.15, 0.2) is 11.8 Å². The van der Waals surface area contributed by atoms with Gasteiger partial charge in [-0.2, -0.15) is 0 Å². The second kappa shape index (κ2) is 9.46. The van der Waals surface area contributed by atoms with Crippen LogP contribution in [0.1, 0.15) is 13.3 Å². The molecule has 0 aliphatic heterocycles. The van der Waals surface area contributed by atoms with Gasteiger partial charge < -0.3 is 25.7 Å². The first-order chi connectivity index (χ1) is 8.06. The summed E-state index contributed by atoms with van der Waals surface area (Å²) in [6.45, 7) is 2.86. The predicted molar refractivity (Wildman–Crippen MR) is 59.9 cm³/mol. The molecule has 7 heteroatoms. The summed E-state index contributed by atoms with van der Waals surface area (Å²) in [5.74, 6) is -0.615. The maximum atomic E-state index is 11.1. The number of esters is 1. The second-order valence-corrected chi connectivity index (χ2v) is 3.11. The highest BCUT2D eigenvalue weighted by atomic mass is 16.6. The van der Waals surface area contributed by atoms with Gasteiger partial charge in [0.05, 0.1) is 12.3 Å². The largest absolute Gasteiger partial charge is 0.460 e. The molecule has 0 rings (SSSR count). The van der Waals surface area contributed by atoms with Crippen LogP contribution in [0, 0.1) is 0 Å². The minimum atomic E-state index is -0.956. The summed E-state index contributed by atoms with van der Waals surface area (Å²) in [6, 6.07) is 0. The molecule has 0 aromatic carbocycles. The van der Waals surface area contributed by atoms with Crippen molar-refractivity contribution in [1.29, 1.82) is 0 Å². The number of primary amides is 1. The van der Waals surface area contributed by atoms with Crippen molar-refractivity contribution in [3.8, 4) is 0 Å². The molecule has 0 spiro atoms. The second-order valence-electron chi connectivity index (χ2n) is 3.11. The van der Waals surface area contributed by atoms with Crippen molar-refractivity contribution in [3.63, 3.8) is 0 Å². The van der Waals surface area contributed by atoms with Crippen molar-refractivity contribution in [2.45, 2.75) is 13.3 Å². The number of rotatable bonds is 8. The fourth-order valence-electron chi connectivity index (χ4n) is 0.837. The lowest BCUT2D eigenvalue weighted by Gasteiger charge is -2.04. The first-order valence-corrected chi connectivity index (χ1v) is 5.19. The normalized spacial score (nSPS) is 11.0. The number of ether oxygens (including phenoxy) is 3. The molecule has 0 radical (unpaired) electrons. The Balaban J connectivity index is 3.68. The Hall–Kier alpha value is -1.76. The summed E-state index contributed by atoms with van der Waals surface area (Å²) in [4.78, 5) is 21.4. The lowest BCUT2D eigenvalue weighted by atomic mass is 10.4. The standard InChI is InChI=1S/C10H18N2O5/c1-2-3-15-4-5-16-9(13)6-8(11)7-17-10(12)14/h6H,2-5,7,11H2,1H3,(H2,12,14)/b8-6-. The van der Waals surface area contributed by atoms with Crippen LogP contribution in [-0.2, 0) is 19.0 Å². The van der Waals surface area contributed by atoms with Crippen LogP contribution in [0.5, 0.6) is 0 Å². The Morgan fingerprint density at radius 3 is 2.41 bits per heavy atom. The first kappa shape index (κ1) is 15.2. The van der Waals surface area contributed by atoms with Gasteiger partial charge in [0.1, 0.15) is 13.2 Å². The lowest BCUT2D eigenvalue weighted by molar-refractivity contribution is -0.139. The van der Waals surface area contributed by atoms with Crippen molar-refractivity contribution in [1.82, 2.24) is 0 Å². The molecule has 1 amide bonds. The van der Waals surface area contributed by atoms with E-state index in [1.807, 2.05) is 6.92 Å². The highest BCUT2D eigenvalue weighted by molar-refractivity contribution is 5.82. The molecule has 0 heterocycles. The Morgan fingerprint density at radius 1 is 1.12 bits per heavy atom. The van der Waals surface area contributed by atoms with E-state index in [2.05, 4.69) is 4.74 Å². The lowest BCUT2D eigenvalue weighted by Crippen LogP contribution is -2.18. The third-order valence-corrected chi connectivity index (χ3v) is 1.50. The maximum absolute atomic E-state index is 11.1. The molecule has 0 atom stereocenters. The fourth-order valence-corrected chi connectivity index (χ4v) is 0.837. The van der Waals surface area contributed by atoms with E-state index < -0.39 is 12.1 Å². The average molecular weight is 246 g/mol. The topological polar surface area (TPSA) is 114 Å². The van der Waals surface area contributed by atoms with Gasteiger partial charge in [0.25, 0.3) is 0 Å². The Labute approximate surface area is 99.7 Å². The van der Waals surface area contributed by atoms with Crippen molar-refractivity contribution in [3.05, 3.63) is 11.8 Å². The number of carbonyl (C=O) groups is 2. The van der Waals surface area contributed by atoms with Gasteiger partial charge in [-0.3, -0.25) is 0 Å². The molecule has 4 N–H and O–H groups in total. The zero-order valence-electron chi connectivity index (χ0n) is 9.81. The molecule has 98 valence electrons. The third kappa shape index (κ3) is 10.5. The van der Waals surface area contributed by atoms with Gasteiger partial charge in [-0.25, -0.2) is 9.59 Å². The van der Waals surface area contributed by atoms with Crippen molar-refractivity contribution in [2.75, 3.05) is 26.4 Å². The van der Waals surface area contributed by atoms with Crippen LogP contribution >= 0.6 is 0 Å². The van der Waals surface area contributed by atoms with E-state index in [1.165, 1.54) is 0 Å². The highest BCUT2D eigenvalue weighted by Gasteiger charge is 2.02. The van der Waals surface area contributed by atoms with Crippen LogP contribution in [0.2, 0.25) is 0 Å². The molecule has 7 nitrogen and oxygen atoms in total. The molecular weight excluding hydrogens is 228 g/mol. The maximum Gasteiger partial charge on any atom is 0.404 e. The summed E-state index contributed by atoms with van der Waals surface area (Å²) < 4.78 is 14.3. The summed E-state index contributed by atoms with van der Waals surface area (Å²) >= 11 is 0. The molecule has 0 bridgehead atoms. The molecule has 0 aliphatic rings. The van der Waals surface area contributed by atoms with E-state index in [1.54, 1.807) is 0 Å². The van der Waals surface area contributed by atoms with Gasteiger partial charge in [-0.05, 0) is 6.42 Å². The average Bonchev–Trinajstić information content (AvgIpc) is 2.26. The van der Waals surface area contributed by atoms with Crippen LogP contribution in [0.3, 0.4) is 0 Å². The highest BCUT2D eigenvalue weighted by Crippen LogP contribution is 1.90. The van der Waals surface area contributed by atoms with Gasteiger partial charge in [-0.1, -0.05) is 6.92 Å². The van der Waals surface area contributed by atoms with E-state index in [4.69, 9.17) is 20.9 Å². The van der Waals surface area contributed by atoms with E-state index >= 15 is 0 Å². The molecule has 0 fully saturated rings. The third-order valence-electron chi connectivity index (χ3n) is 1.50. The Kier molecular flexibility index (Phi) is 8.48. The zero-order valence-corrected chi connectivity index (χ0v) is 9.81. The summed E-state index contributed by atoms with van der Waals surface area (Å²) in [5, 5.41) is 0. The van der Waals surface area contributed by atoms with Crippen LogP contribution in [0.25, 0.3) is 0 Å². The van der Waals surface area contributed by atoms with Gasteiger partial charge >= 0.3 is 12.1 Å². The Bertz CT molecular complexity index is 278. The minimum absolute atomic E-state index is 0.0586. The fraction of sp³-hybridized carbons (Fsp3) is 0.600. The van der Waals surface area contributed by atoms with E-state index in [0.717, 1.165) is 12.5 Å². The molecule has 17 heavy (non-hydrogen) atoms. The van der Waals surface area contributed by atoms with E-state index in [0.29, 0.717) is 13.2 Å². The predicted octanol–water partition coefficient (Wildman–Crippen LogP) is -0.106. The first-order valence-electron chi connectivity index (χ1n) is 5.19. The van der Waals surface area contributed by atoms with Crippen molar-refractivity contribution >= 4 is 12.1 Å². The monoisotopic (exact) mass is 246 g/mol. The number of hydrogen-bond acceptors (Lipinski definition) is 6. The summed E-state index contributed by atoms with van der Waals surface area (Å²) in [7, 11) is 0. The van der Waals surface area contributed by atoms with Gasteiger partial charge in [0.2, 0.25) is 0 Å². The van der Waals surface area contributed by atoms with Crippen LogP contribution < -0.4 is 11.5 Å². The SMILES string of the molecule is CCCOCCOC(=O)/C=C(\N)COC(N)=O. The molecule has 0 saturated carbocycles. The van der Waals surface area contributed by atoms with E-state index in [-0.39, 0.29) is 18.9 Å². The van der Waals surface area contributed by atoms with Gasteiger partial charge in [0.15, 0.2) is 0 Å². The number of hydrogen-bond donors (Lipinski definition) is 2. The summed E-state index contributed by atoms with van der Waals surface area (Å²) in [5.41, 5.74) is 10.2. The number of nitrogens with two attached hydrogens (primary N) is 2. The molecule has 0 aromatic rings. The van der Waals surface area contributed by atoms with Crippen LogP contribution in [0.4, 0.5) is 4.79 Å². The van der Waals surface area contributed by atoms with Crippen molar-refractivity contribution in [2.24, 2.45) is 11.5 Å². The molecular formula is C10H18N2O5. The molecule has 0 saturated heterocycles. The summed E-state index contributed by atoms with van der Waals surface area (Å²) in [6.07, 6.45) is 0.983. The van der Waals surface area contributed by atoms with Crippen LogP contribution in [-0.4, -0.2) is 38.5 Å². The Morgan fingerprint density at radius 2 is 1.82 bits per heavy atom. The zero-order chi connectivity index (χ0) is 13.1. The van der Waals surface area contributed by atoms with Gasteiger partial charge in [-0.15, -0.1) is 0 Å². The van der Waals surface area contributed by atoms with Crippen molar-refractivity contribution < 1.29 is 23.8 Å². The van der Waals surface area contributed by atoms with E-state index in [9.17, 15) is 9.59 Å². The smallest absolute Gasteiger partial charge is 0.404 e. The molecule has 0 unspecified atom stereocenters. The van der Waals surface area contributed by atoms with Gasteiger partial charge in [0, 0.05) is 12.7 Å². The minimum Gasteiger partial charge on any atom is -0.460 e.